The third-order valence-electron chi connectivity index (χ3n) is 1.88. The summed E-state index contributed by atoms with van der Waals surface area (Å²) in [6.07, 6.45) is 0. The van der Waals surface area contributed by atoms with Crippen molar-refractivity contribution in [1.29, 1.82) is 0 Å². The maximum atomic E-state index is 11.0. The first kappa shape index (κ1) is 11.9. The molecular weight excluding hydrogens is 210 g/mol. The fourth-order valence-corrected chi connectivity index (χ4v) is 1.33. The number of anilines is 1. The van der Waals surface area contributed by atoms with E-state index in [1.165, 1.54) is 0 Å². The van der Waals surface area contributed by atoms with Crippen molar-refractivity contribution in [1.82, 2.24) is 0 Å². The van der Waals surface area contributed by atoms with E-state index in [-0.39, 0.29) is 12.5 Å². The maximum absolute atomic E-state index is 11.0. The highest BCUT2D eigenvalue weighted by molar-refractivity contribution is 7.79. The Bertz CT molecular complexity index is 311. The number of ether oxygens (including phenoxy) is 1. The molecule has 0 atom stereocenters. The van der Waals surface area contributed by atoms with E-state index in [1.54, 1.807) is 6.92 Å². The molecule has 0 aliphatic heterocycles. The van der Waals surface area contributed by atoms with E-state index in [4.69, 9.17) is 4.74 Å². The van der Waals surface area contributed by atoms with Gasteiger partial charge in [-0.25, -0.2) is 0 Å². The quantitative estimate of drug-likeness (QED) is 0.595. The van der Waals surface area contributed by atoms with Crippen molar-refractivity contribution < 1.29 is 9.53 Å². The van der Waals surface area contributed by atoms with Gasteiger partial charge in [-0.2, -0.15) is 12.6 Å². The molecule has 15 heavy (non-hydrogen) atoms. The highest BCUT2D eigenvalue weighted by Gasteiger charge is 2.00. The Labute approximate surface area is 95.2 Å². The second-order valence-electron chi connectivity index (χ2n) is 3.01. The lowest BCUT2D eigenvalue weighted by atomic mass is 10.2. The molecule has 0 unspecified atom stereocenters. The van der Waals surface area contributed by atoms with Crippen LogP contribution in [0.1, 0.15) is 12.5 Å². The van der Waals surface area contributed by atoms with Crippen LogP contribution in [0.3, 0.4) is 0 Å². The van der Waals surface area contributed by atoms with Crippen molar-refractivity contribution in [3.63, 3.8) is 0 Å². The number of esters is 1. The van der Waals surface area contributed by atoms with Gasteiger partial charge in [0, 0.05) is 11.4 Å². The smallest absolute Gasteiger partial charge is 0.325 e. The van der Waals surface area contributed by atoms with Crippen molar-refractivity contribution in [2.75, 3.05) is 18.5 Å². The number of carbonyl (C=O) groups excluding carboxylic acids is 1. The van der Waals surface area contributed by atoms with Crippen LogP contribution in [0.5, 0.6) is 0 Å². The first-order valence-electron chi connectivity index (χ1n) is 4.85. The Morgan fingerprint density at radius 3 is 2.60 bits per heavy atom. The van der Waals surface area contributed by atoms with E-state index in [2.05, 4.69) is 17.9 Å². The van der Waals surface area contributed by atoms with Crippen molar-refractivity contribution in [3.05, 3.63) is 29.8 Å². The van der Waals surface area contributed by atoms with Crippen LogP contribution in [0.15, 0.2) is 24.3 Å². The summed E-state index contributed by atoms with van der Waals surface area (Å²) in [5.74, 6) is 0.480. The molecule has 0 saturated heterocycles. The molecule has 0 bridgehead atoms. The van der Waals surface area contributed by atoms with Gasteiger partial charge in [0.15, 0.2) is 0 Å². The van der Waals surface area contributed by atoms with Crippen molar-refractivity contribution in [2.24, 2.45) is 0 Å². The number of benzene rings is 1. The van der Waals surface area contributed by atoms with Gasteiger partial charge in [0.2, 0.25) is 0 Å². The summed E-state index contributed by atoms with van der Waals surface area (Å²) in [6.45, 7) is 2.41. The first-order valence-corrected chi connectivity index (χ1v) is 5.48. The number of thiol groups is 1. The topological polar surface area (TPSA) is 38.3 Å². The number of rotatable bonds is 5. The van der Waals surface area contributed by atoms with E-state index >= 15 is 0 Å². The van der Waals surface area contributed by atoms with Crippen molar-refractivity contribution >= 4 is 24.3 Å². The zero-order valence-electron chi connectivity index (χ0n) is 8.69. The molecule has 3 nitrogen and oxygen atoms in total. The van der Waals surface area contributed by atoms with Crippen LogP contribution in [-0.4, -0.2) is 19.1 Å². The molecule has 0 saturated carbocycles. The van der Waals surface area contributed by atoms with Crippen LogP contribution in [0.4, 0.5) is 5.69 Å². The summed E-state index contributed by atoms with van der Waals surface area (Å²) in [5, 5.41) is 2.98. The average molecular weight is 225 g/mol. The highest BCUT2D eigenvalue weighted by atomic mass is 32.1. The van der Waals surface area contributed by atoms with E-state index in [0.29, 0.717) is 6.61 Å². The maximum Gasteiger partial charge on any atom is 0.325 e. The summed E-state index contributed by atoms with van der Waals surface area (Å²) < 4.78 is 4.79. The number of hydrogen-bond acceptors (Lipinski definition) is 4. The van der Waals surface area contributed by atoms with E-state index in [1.807, 2.05) is 24.3 Å². The Balaban J connectivity index is 2.40. The first-order chi connectivity index (χ1) is 7.26. The van der Waals surface area contributed by atoms with E-state index < -0.39 is 0 Å². The van der Waals surface area contributed by atoms with Gasteiger partial charge >= 0.3 is 5.97 Å². The summed E-state index contributed by atoms with van der Waals surface area (Å²) in [5.41, 5.74) is 2.06. The van der Waals surface area contributed by atoms with Crippen LogP contribution in [0.25, 0.3) is 0 Å². The minimum Gasteiger partial charge on any atom is -0.465 e. The van der Waals surface area contributed by atoms with Crippen LogP contribution >= 0.6 is 12.6 Å². The number of nitrogens with one attached hydrogen (secondary N) is 1. The van der Waals surface area contributed by atoms with E-state index in [0.717, 1.165) is 17.0 Å². The Hall–Kier alpha value is -1.16. The SMILES string of the molecule is CCOC(=O)CNc1ccc(CS)cc1. The fraction of sp³-hybridized carbons (Fsp3) is 0.364. The number of hydrogen-bond donors (Lipinski definition) is 2. The van der Waals surface area contributed by atoms with Gasteiger partial charge in [-0.1, -0.05) is 12.1 Å². The summed E-state index contributed by atoms with van der Waals surface area (Å²) in [7, 11) is 0. The van der Waals surface area contributed by atoms with Crippen molar-refractivity contribution in [3.8, 4) is 0 Å². The molecule has 82 valence electrons. The normalized spacial score (nSPS) is 9.73. The molecule has 0 amide bonds. The molecule has 1 aromatic rings. The molecule has 0 radical (unpaired) electrons. The molecule has 0 aliphatic rings. The Kier molecular flexibility index (Phi) is 5.04. The largest absolute Gasteiger partial charge is 0.465 e. The molecule has 1 aromatic carbocycles. The van der Waals surface area contributed by atoms with Crippen LogP contribution in [-0.2, 0) is 15.3 Å². The minimum absolute atomic E-state index is 0.202. The van der Waals surface area contributed by atoms with Gasteiger partial charge in [0.25, 0.3) is 0 Å². The van der Waals surface area contributed by atoms with Gasteiger partial charge in [0.05, 0.1) is 6.61 Å². The van der Waals surface area contributed by atoms with Gasteiger partial charge in [0.1, 0.15) is 6.54 Å². The van der Waals surface area contributed by atoms with Crippen LogP contribution < -0.4 is 5.32 Å². The molecule has 4 heteroatoms. The second kappa shape index (κ2) is 6.35. The summed E-state index contributed by atoms with van der Waals surface area (Å²) in [4.78, 5) is 11.0. The molecule has 0 fully saturated rings. The van der Waals surface area contributed by atoms with Crippen LogP contribution in [0, 0.1) is 0 Å². The second-order valence-corrected chi connectivity index (χ2v) is 3.33. The lowest BCUT2D eigenvalue weighted by molar-refractivity contribution is -0.140. The Morgan fingerprint density at radius 1 is 1.40 bits per heavy atom. The highest BCUT2D eigenvalue weighted by Crippen LogP contribution is 2.10. The van der Waals surface area contributed by atoms with Gasteiger partial charge in [-0.15, -0.1) is 0 Å². The van der Waals surface area contributed by atoms with Gasteiger partial charge in [-0.05, 0) is 24.6 Å². The molecule has 0 heterocycles. The molecule has 0 spiro atoms. The molecule has 1 N–H and O–H groups in total. The van der Waals surface area contributed by atoms with E-state index in [9.17, 15) is 4.79 Å². The predicted octanol–water partition coefficient (Wildman–Crippen LogP) is 2.09. The zero-order chi connectivity index (χ0) is 11.1. The Morgan fingerprint density at radius 2 is 2.07 bits per heavy atom. The predicted molar refractivity (Wildman–Crippen MR) is 64.3 cm³/mol. The van der Waals surface area contributed by atoms with Crippen molar-refractivity contribution in [2.45, 2.75) is 12.7 Å². The third-order valence-corrected chi connectivity index (χ3v) is 2.24. The lowest BCUT2D eigenvalue weighted by Crippen LogP contribution is -2.16. The summed E-state index contributed by atoms with van der Waals surface area (Å²) >= 11 is 4.16. The zero-order valence-corrected chi connectivity index (χ0v) is 9.59. The fourth-order valence-electron chi connectivity index (χ4n) is 1.11. The monoisotopic (exact) mass is 225 g/mol. The minimum atomic E-state index is -0.240. The molecule has 0 aliphatic carbocycles. The molecule has 0 aromatic heterocycles. The van der Waals surface area contributed by atoms with Gasteiger partial charge in [-0.3, -0.25) is 4.79 Å². The molecular formula is C11H15NO2S. The third kappa shape index (κ3) is 4.25. The lowest BCUT2D eigenvalue weighted by Gasteiger charge is -2.06. The average Bonchev–Trinajstić information content (AvgIpc) is 2.27. The number of carbonyl (C=O) groups is 1. The summed E-state index contributed by atoms with van der Waals surface area (Å²) in [6, 6.07) is 7.79. The molecule has 1 rings (SSSR count). The standard InChI is InChI=1S/C11H15NO2S/c1-2-14-11(13)7-12-10-5-3-9(8-15)4-6-10/h3-6,12,15H,2,7-8H2,1H3. The van der Waals surface area contributed by atoms with Crippen LogP contribution in [0.2, 0.25) is 0 Å². The van der Waals surface area contributed by atoms with Gasteiger partial charge < -0.3 is 10.1 Å².